The van der Waals surface area contributed by atoms with Crippen LogP contribution in [0.3, 0.4) is 0 Å². The van der Waals surface area contributed by atoms with Crippen LogP contribution < -0.4 is 0 Å². The number of thioether (sulfide) groups is 1. The first kappa shape index (κ1) is 15.9. The fourth-order valence-electron chi connectivity index (χ4n) is 3.13. The molecule has 0 spiro atoms. The molecule has 1 amide bonds. The zero-order valence-corrected chi connectivity index (χ0v) is 13.9. The van der Waals surface area contributed by atoms with E-state index in [1.54, 1.807) is 16.7 Å². The maximum absolute atomic E-state index is 12.7. The molecule has 1 saturated heterocycles. The number of benzene rings is 1. The molecule has 1 atom stereocenters. The third-order valence-electron chi connectivity index (χ3n) is 4.31. The lowest BCUT2D eigenvalue weighted by Crippen LogP contribution is -2.47. The van der Waals surface area contributed by atoms with Gasteiger partial charge in [-0.05, 0) is 18.1 Å². The molecule has 5 nitrogen and oxygen atoms in total. The number of aliphatic carboxylic acids is 1. The molecule has 3 rings (SSSR count). The Morgan fingerprint density at radius 3 is 3.04 bits per heavy atom. The predicted molar refractivity (Wildman–Crippen MR) is 91.8 cm³/mol. The van der Waals surface area contributed by atoms with Crippen LogP contribution in [-0.4, -0.2) is 51.0 Å². The van der Waals surface area contributed by atoms with E-state index < -0.39 is 5.97 Å². The lowest BCUT2D eigenvalue weighted by Gasteiger charge is -2.34. The number of carboxylic acids is 1. The Labute approximate surface area is 139 Å². The van der Waals surface area contributed by atoms with Crippen molar-refractivity contribution in [1.82, 2.24) is 9.88 Å². The van der Waals surface area contributed by atoms with Crippen LogP contribution in [0.4, 0.5) is 0 Å². The first-order valence-electron chi connectivity index (χ1n) is 7.71. The molecular weight excluding hydrogens is 312 g/mol. The van der Waals surface area contributed by atoms with Gasteiger partial charge >= 0.3 is 5.97 Å². The summed E-state index contributed by atoms with van der Waals surface area (Å²) in [5.41, 5.74) is 3.19. The third-order valence-corrected chi connectivity index (χ3v) is 5.40. The maximum atomic E-state index is 12.7. The largest absolute Gasteiger partial charge is 0.481 e. The highest BCUT2D eigenvalue weighted by molar-refractivity contribution is 7.99. The smallest absolute Gasteiger partial charge is 0.305 e. The van der Waals surface area contributed by atoms with Crippen molar-refractivity contribution in [3.05, 3.63) is 35.5 Å². The number of carboxylic acid groups (broad SMARTS) is 1. The summed E-state index contributed by atoms with van der Waals surface area (Å²) in [6.07, 6.45) is 2.22. The van der Waals surface area contributed by atoms with Crippen LogP contribution in [0.1, 0.15) is 17.5 Å². The lowest BCUT2D eigenvalue weighted by molar-refractivity contribution is -0.140. The van der Waals surface area contributed by atoms with Crippen molar-refractivity contribution in [2.24, 2.45) is 0 Å². The van der Waals surface area contributed by atoms with Gasteiger partial charge in [-0.1, -0.05) is 18.2 Å². The lowest BCUT2D eigenvalue weighted by atomic mass is 10.1. The van der Waals surface area contributed by atoms with E-state index in [-0.39, 0.29) is 18.4 Å². The highest BCUT2D eigenvalue weighted by atomic mass is 32.2. The van der Waals surface area contributed by atoms with E-state index in [4.69, 9.17) is 5.11 Å². The highest BCUT2D eigenvalue weighted by Gasteiger charge is 2.29. The zero-order chi connectivity index (χ0) is 16.4. The summed E-state index contributed by atoms with van der Waals surface area (Å²) in [7, 11) is 0. The summed E-state index contributed by atoms with van der Waals surface area (Å²) in [5, 5.41) is 10.1. The number of hydrogen-bond acceptors (Lipinski definition) is 3. The number of hydrogen-bond donors (Lipinski definition) is 2. The average molecular weight is 332 g/mol. The van der Waals surface area contributed by atoms with Crippen LogP contribution in [0.15, 0.2) is 24.4 Å². The fraction of sp³-hybridized carbons (Fsp3) is 0.412. The van der Waals surface area contributed by atoms with Crippen LogP contribution in [0.2, 0.25) is 0 Å². The Morgan fingerprint density at radius 1 is 1.43 bits per heavy atom. The molecule has 6 heteroatoms. The normalized spacial score (nSPS) is 18.3. The molecule has 1 fully saturated rings. The van der Waals surface area contributed by atoms with Gasteiger partial charge in [0.05, 0.1) is 18.9 Å². The van der Waals surface area contributed by atoms with Crippen LogP contribution in [-0.2, 0) is 16.0 Å². The zero-order valence-electron chi connectivity index (χ0n) is 13.0. The Kier molecular flexibility index (Phi) is 4.61. The van der Waals surface area contributed by atoms with Crippen molar-refractivity contribution < 1.29 is 14.7 Å². The molecule has 1 aliphatic rings. The number of amides is 1. The van der Waals surface area contributed by atoms with Crippen LogP contribution >= 0.6 is 11.8 Å². The number of aryl methyl sites for hydroxylation is 1. The van der Waals surface area contributed by atoms with E-state index in [1.807, 2.05) is 31.3 Å². The standard InChI is InChI=1S/C17H20N2O3S/c1-11-3-2-4-14-12(9-18-17(11)14)7-15(20)19-5-6-23-10-13(19)8-16(21)22/h2-4,9,13,18H,5-8,10H2,1H3,(H,21,22). The molecule has 1 aromatic heterocycles. The summed E-state index contributed by atoms with van der Waals surface area (Å²) < 4.78 is 0. The van der Waals surface area contributed by atoms with Crippen molar-refractivity contribution in [3.8, 4) is 0 Å². The monoisotopic (exact) mass is 332 g/mol. The SMILES string of the molecule is Cc1cccc2c(CC(=O)N3CCSCC3CC(=O)O)c[nH]c12. The molecule has 1 aromatic carbocycles. The Hall–Kier alpha value is -1.95. The fourth-order valence-corrected chi connectivity index (χ4v) is 4.19. The summed E-state index contributed by atoms with van der Waals surface area (Å²) in [4.78, 5) is 28.7. The van der Waals surface area contributed by atoms with Gasteiger partial charge in [-0.3, -0.25) is 9.59 Å². The van der Waals surface area contributed by atoms with Crippen LogP contribution in [0.25, 0.3) is 10.9 Å². The molecular formula is C17H20N2O3S. The van der Waals surface area contributed by atoms with Gasteiger partial charge in [-0.25, -0.2) is 0 Å². The number of nitrogens with zero attached hydrogens (tertiary/aromatic N) is 1. The van der Waals surface area contributed by atoms with Gasteiger partial charge < -0.3 is 15.0 Å². The average Bonchev–Trinajstić information content (AvgIpc) is 2.92. The van der Waals surface area contributed by atoms with Gasteiger partial charge in [0.1, 0.15) is 0 Å². The molecule has 2 heterocycles. The molecule has 1 aliphatic heterocycles. The molecule has 2 aromatic rings. The second-order valence-electron chi connectivity index (χ2n) is 5.90. The van der Waals surface area contributed by atoms with E-state index in [0.29, 0.717) is 18.7 Å². The van der Waals surface area contributed by atoms with Crippen LogP contribution in [0.5, 0.6) is 0 Å². The molecule has 122 valence electrons. The van der Waals surface area contributed by atoms with Gasteiger partial charge in [-0.2, -0.15) is 11.8 Å². The van der Waals surface area contributed by atoms with E-state index in [1.165, 1.54) is 0 Å². The van der Waals surface area contributed by atoms with Gasteiger partial charge in [0.2, 0.25) is 5.91 Å². The van der Waals surface area contributed by atoms with E-state index >= 15 is 0 Å². The van der Waals surface area contributed by atoms with Crippen molar-refractivity contribution >= 4 is 34.5 Å². The second kappa shape index (κ2) is 6.66. The van der Waals surface area contributed by atoms with E-state index in [2.05, 4.69) is 4.98 Å². The van der Waals surface area contributed by atoms with Crippen molar-refractivity contribution in [2.75, 3.05) is 18.1 Å². The number of aromatic nitrogens is 1. The summed E-state index contributed by atoms with van der Waals surface area (Å²) in [6, 6.07) is 5.84. The summed E-state index contributed by atoms with van der Waals surface area (Å²) in [6.45, 7) is 2.66. The number of fused-ring (bicyclic) bond motifs is 1. The van der Waals surface area contributed by atoms with Gasteiger partial charge in [-0.15, -0.1) is 0 Å². The number of carbonyl (C=O) groups excluding carboxylic acids is 1. The second-order valence-corrected chi connectivity index (χ2v) is 7.05. The molecule has 0 bridgehead atoms. The predicted octanol–water partition coefficient (Wildman–Crippen LogP) is 2.44. The first-order valence-corrected chi connectivity index (χ1v) is 8.86. The Bertz CT molecular complexity index is 741. The Morgan fingerprint density at radius 2 is 2.26 bits per heavy atom. The third kappa shape index (κ3) is 3.37. The number of carbonyl (C=O) groups is 2. The number of rotatable bonds is 4. The maximum Gasteiger partial charge on any atom is 0.305 e. The number of aromatic amines is 1. The molecule has 0 saturated carbocycles. The topological polar surface area (TPSA) is 73.4 Å². The van der Waals surface area contributed by atoms with Crippen molar-refractivity contribution in [3.63, 3.8) is 0 Å². The molecule has 0 radical (unpaired) electrons. The molecule has 23 heavy (non-hydrogen) atoms. The van der Waals surface area contributed by atoms with E-state index in [9.17, 15) is 9.59 Å². The van der Waals surface area contributed by atoms with Gasteiger partial charge in [0.25, 0.3) is 0 Å². The highest BCUT2D eigenvalue weighted by Crippen LogP contribution is 2.24. The number of para-hydroxylation sites is 1. The van der Waals surface area contributed by atoms with Gasteiger partial charge in [0, 0.05) is 35.2 Å². The van der Waals surface area contributed by atoms with Gasteiger partial charge in [0.15, 0.2) is 0 Å². The van der Waals surface area contributed by atoms with Crippen LogP contribution in [0, 0.1) is 6.92 Å². The van der Waals surface area contributed by atoms with Crippen molar-refractivity contribution in [1.29, 1.82) is 0 Å². The molecule has 0 aliphatic carbocycles. The molecule has 2 N–H and O–H groups in total. The van der Waals surface area contributed by atoms with Crippen molar-refractivity contribution in [2.45, 2.75) is 25.8 Å². The quantitative estimate of drug-likeness (QED) is 0.902. The summed E-state index contributed by atoms with van der Waals surface area (Å²) in [5.74, 6) is 0.733. The first-order chi connectivity index (χ1) is 11.1. The molecule has 1 unspecified atom stereocenters. The Balaban J connectivity index is 1.79. The number of nitrogens with one attached hydrogen (secondary N) is 1. The minimum Gasteiger partial charge on any atom is -0.481 e. The number of H-pyrrole nitrogens is 1. The minimum absolute atomic E-state index is 0.0129. The minimum atomic E-state index is -0.849. The van der Waals surface area contributed by atoms with E-state index in [0.717, 1.165) is 27.8 Å². The summed E-state index contributed by atoms with van der Waals surface area (Å²) >= 11 is 1.72.